The van der Waals surface area contributed by atoms with Crippen LogP contribution in [0.15, 0.2) is 218 Å². The molecule has 0 saturated heterocycles. The maximum absolute atomic E-state index is 6.58. The molecule has 1 aliphatic heterocycles. The Hall–Kier alpha value is -4.80. The lowest BCUT2D eigenvalue weighted by atomic mass is 10.2. The van der Waals surface area contributed by atoms with Crippen molar-refractivity contribution >= 4 is 46.4 Å². The molecule has 10 heteroatoms. The first kappa shape index (κ1) is 51.1. The Kier molecular flexibility index (Phi) is 19.3. The Bertz CT molecular complexity index is 2450. The summed E-state index contributed by atoms with van der Waals surface area (Å²) >= 11 is 0. The Morgan fingerprint density at radius 1 is 0.265 bits per heavy atom. The highest BCUT2D eigenvalue weighted by Crippen LogP contribution is 2.60. The lowest BCUT2D eigenvalue weighted by Crippen LogP contribution is -3.00. The van der Waals surface area contributed by atoms with Gasteiger partial charge < -0.3 is 76.4 Å². The van der Waals surface area contributed by atoms with E-state index in [-0.39, 0.29) is 48.0 Å². The molecule has 0 aromatic heterocycles. The van der Waals surface area contributed by atoms with Crippen LogP contribution in [0.3, 0.4) is 0 Å². The summed E-state index contributed by atoms with van der Waals surface area (Å²) in [5, 5.41) is 7.64. The van der Waals surface area contributed by atoms with Crippen LogP contribution in [0.1, 0.15) is 11.1 Å². The van der Waals surface area contributed by atoms with E-state index in [1.807, 2.05) is 0 Å². The Morgan fingerprint density at radius 3 is 0.824 bits per heavy atom. The van der Waals surface area contributed by atoms with Gasteiger partial charge in [0.05, 0.1) is 38.8 Å². The van der Waals surface area contributed by atoms with Crippen molar-refractivity contribution in [3.8, 4) is 23.0 Å². The van der Waals surface area contributed by atoms with Gasteiger partial charge in [0.25, 0.3) is 0 Å². The standard InChI is InChI=1S/C58H56O6P2.2HI/c1-7-19-47(20-8-1)45-65(49-23-11-3-12-24-49,50-25-13-4-14-26-50)53-31-33-55-57(43-53)63-41-37-59-36-40-62-56-34-32-54(44-58(56)64-42-38-60-35-39-61-55)66(51-27-15-5-16-28-51,52-29-17-6-18-30-52)46-48-21-9-2-10-22-48;;/h1-34,43-44H,35-42,45-46H2;2*1H/q+2;;/p-2. The first-order chi connectivity index (χ1) is 32.7. The molecule has 8 aromatic rings. The van der Waals surface area contributed by atoms with E-state index in [0.717, 1.165) is 12.3 Å². The molecule has 0 unspecified atom stereocenters. The average Bonchev–Trinajstić information content (AvgIpc) is 3.38. The van der Waals surface area contributed by atoms with Crippen molar-refractivity contribution in [3.63, 3.8) is 0 Å². The second kappa shape index (κ2) is 25.7. The molecule has 0 amide bonds. The van der Waals surface area contributed by atoms with Crippen LogP contribution in [0.4, 0.5) is 0 Å². The van der Waals surface area contributed by atoms with E-state index in [4.69, 9.17) is 28.4 Å². The fraction of sp³-hybridized carbons (Fsp3) is 0.172. The molecule has 1 heterocycles. The zero-order valence-corrected chi connectivity index (χ0v) is 44.1. The quantitative estimate of drug-likeness (QED) is 0.153. The fourth-order valence-corrected chi connectivity index (χ4v) is 17.3. The van der Waals surface area contributed by atoms with Gasteiger partial charge in [-0.3, -0.25) is 0 Å². The van der Waals surface area contributed by atoms with Crippen LogP contribution in [0.5, 0.6) is 23.0 Å². The molecule has 348 valence electrons. The van der Waals surface area contributed by atoms with Gasteiger partial charge in [-0.2, -0.15) is 0 Å². The van der Waals surface area contributed by atoms with Gasteiger partial charge in [0, 0.05) is 12.1 Å². The zero-order valence-electron chi connectivity index (χ0n) is 38.0. The highest BCUT2D eigenvalue weighted by Gasteiger charge is 2.47. The molecule has 8 aromatic carbocycles. The van der Waals surface area contributed by atoms with Gasteiger partial charge in [0.2, 0.25) is 0 Å². The Morgan fingerprint density at radius 2 is 0.529 bits per heavy atom. The minimum Gasteiger partial charge on any atom is -1.00 e. The van der Waals surface area contributed by atoms with E-state index >= 15 is 0 Å². The fourth-order valence-electron chi connectivity index (χ4n) is 8.87. The lowest BCUT2D eigenvalue weighted by molar-refractivity contribution is -0.00100. The van der Waals surface area contributed by atoms with Gasteiger partial charge in [-0.05, 0) is 83.9 Å². The molecule has 9 rings (SSSR count). The van der Waals surface area contributed by atoms with Crippen LogP contribution in [0.2, 0.25) is 0 Å². The molecule has 6 nitrogen and oxygen atoms in total. The van der Waals surface area contributed by atoms with Crippen molar-refractivity contribution in [1.82, 2.24) is 0 Å². The number of hydrogen-bond acceptors (Lipinski definition) is 6. The largest absolute Gasteiger partial charge is 1.00 e. The topological polar surface area (TPSA) is 55.4 Å². The highest BCUT2D eigenvalue weighted by atomic mass is 127. The second-order valence-electron chi connectivity index (χ2n) is 16.1. The third-order valence-electron chi connectivity index (χ3n) is 12.0. The van der Waals surface area contributed by atoms with Crippen molar-refractivity contribution in [1.29, 1.82) is 0 Å². The number of benzene rings is 8. The third-order valence-corrected chi connectivity index (χ3v) is 20.7. The molecule has 0 bridgehead atoms. The molecule has 1 aliphatic rings. The second-order valence-corrected chi connectivity index (χ2v) is 23.1. The summed E-state index contributed by atoms with van der Waals surface area (Å²) in [6.45, 7) is 2.88. The first-order valence-corrected chi connectivity index (χ1v) is 26.7. The molecule has 0 spiro atoms. The number of halogens is 2. The molecule has 0 N–H and O–H groups in total. The first-order valence-electron chi connectivity index (χ1n) is 22.7. The van der Waals surface area contributed by atoms with Crippen molar-refractivity contribution in [3.05, 3.63) is 230 Å². The predicted molar refractivity (Wildman–Crippen MR) is 274 cm³/mol. The van der Waals surface area contributed by atoms with Crippen molar-refractivity contribution < 1.29 is 76.4 Å². The minimum atomic E-state index is -2.22. The summed E-state index contributed by atoms with van der Waals surface area (Å²) in [7, 11) is -4.44. The summed E-state index contributed by atoms with van der Waals surface area (Å²) in [5.41, 5.74) is 2.57. The SMILES string of the molecule is [I-].[I-].c1ccc(C[P+](c2ccccc2)(c2ccccc2)c2ccc3c(c2)OCCOCCOc2ccc([P+](Cc4ccccc4)(c4ccccc4)c4ccccc4)cc2OCCOCCO3)cc1. The van der Waals surface area contributed by atoms with Crippen LogP contribution in [-0.2, 0) is 21.8 Å². The molecular formula is C58H56I2O6P2. The predicted octanol–water partition coefficient (Wildman–Crippen LogP) is 3.95. The van der Waals surface area contributed by atoms with Crippen LogP contribution in [-0.4, -0.2) is 52.9 Å². The summed E-state index contributed by atoms with van der Waals surface area (Å²) in [4.78, 5) is 0. The van der Waals surface area contributed by atoms with Gasteiger partial charge in [-0.25, -0.2) is 0 Å². The molecular weight excluding hydrogens is 1110 g/mol. The van der Waals surface area contributed by atoms with Gasteiger partial charge in [0.1, 0.15) is 72.8 Å². The maximum Gasteiger partial charge on any atom is 0.165 e. The van der Waals surface area contributed by atoms with Gasteiger partial charge in [0.15, 0.2) is 23.0 Å². The highest BCUT2D eigenvalue weighted by molar-refractivity contribution is 7.95. The summed E-state index contributed by atoms with van der Waals surface area (Å²) < 4.78 is 38.3. The van der Waals surface area contributed by atoms with E-state index in [1.54, 1.807) is 0 Å². The molecule has 0 aliphatic carbocycles. The van der Waals surface area contributed by atoms with Crippen molar-refractivity contribution in [2.75, 3.05) is 52.9 Å². The average molecular weight is 1160 g/mol. The summed E-state index contributed by atoms with van der Waals surface area (Å²) in [6, 6.07) is 78.2. The van der Waals surface area contributed by atoms with Crippen LogP contribution in [0.25, 0.3) is 0 Å². The lowest BCUT2D eigenvalue weighted by Gasteiger charge is -2.28. The number of ether oxygens (including phenoxy) is 6. The molecule has 0 fully saturated rings. The molecule has 68 heavy (non-hydrogen) atoms. The zero-order chi connectivity index (χ0) is 44.7. The van der Waals surface area contributed by atoms with Crippen LogP contribution >= 0.6 is 14.5 Å². The van der Waals surface area contributed by atoms with Gasteiger partial charge in [-0.1, -0.05) is 133 Å². The van der Waals surface area contributed by atoms with E-state index in [9.17, 15) is 0 Å². The van der Waals surface area contributed by atoms with Crippen molar-refractivity contribution in [2.45, 2.75) is 12.3 Å². The smallest absolute Gasteiger partial charge is 0.165 e. The third kappa shape index (κ3) is 12.1. The maximum atomic E-state index is 6.58. The van der Waals surface area contributed by atoms with Crippen LogP contribution < -0.4 is 98.7 Å². The van der Waals surface area contributed by atoms with Crippen molar-refractivity contribution in [2.24, 2.45) is 0 Å². The van der Waals surface area contributed by atoms with E-state index in [1.165, 1.54) is 43.0 Å². The normalized spacial score (nSPS) is 13.6. The van der Waals surface area contributed by atoms with E-state index < -0.39 is 14.5 Å². The summed E-state index contributed by atoms with van der Waals surface area (Å²) in [6.07, 6.45) is 1.72. The van der Waals surface area contributed by atoms with E-state index in [2.05, 4.69) is 218 Å². The van der Waals surface area contributed by atoms with Gasteiger partial charge in [-0.15, -0.1) is 0 Å². The summed E-state index contributed by atoms with van der Waals surface area (Å²) in [5.74, 6) is 2.70. The number of fused-ring (bicyclic) bond motifs is 2. The Labute approximate surface area is 437 Å². The monoisotopic (exact) mass is 1160 g/mol. The van der Waals surface area contributed by atoms with E-state index in [0.29, 0.717) is 75.9 Å². The molecule has 0 radical (unpaired) electrons. The molecule has 0 atom stereocenters. The number of hydrogen-bond donors (Lipinski definition) is 0. The number of rotatable bonds is 10. The molecule has 0 saturated carbocycles. The van der Waals surface area contributed by atoms with Gasteiger partial charge >= 0.3 is 0 Å². The Balaban J connectivity index is 0.00000342. The minimum absolute atomic E-state index is 0. The van der Waals surface area contributed by atoms with Crippen LogP contribution in [0, 0.1) is 0 Å².